The lowest BCUT2D eigenvalue weighted by Crippen LogP contribution is -2.41. The second-order valence-corrected chi connectivity index (χ2v) is 7.60. The molecule has 1 saturated heterocycles. The van der Waals surface area contributed by atoms with Crippen molar-refractivity contribution in [3.8, 4) is 0 Å². The fraction of sp³-hybridized carbons (Fsp3) is 0.421. The van der Waals surface area contributed by atoms with Gasteiger partial charge >= 0.3 is 13.1 Å². The Morgan fingerprint density at radius 1 is 1.23 bits per heavy atom. The summed E-state index contributed by atoms with van der Waals surface area (Å²) in [5.74, 6) is -0.995. The Morgan fingerprint density at radius 3 is 2.42 bits per heavy atom. The van der Waals surface area contributed by atoms with Gasteiger partial charge in [0.15, 0.2) is 0 Å². The van der Waals surface area contributed by atoms with Crippen molar-refractivity contribution in [2.45, 2.75) is 38.9 Å². The van der Waals surface area contributed by atoms with Crippen LogP contribution in [0.4, 0.5) is 0 Å². The van der Waals surface area contributed by atoms with Gasteiger partial charge in [-0.05, 0) is 46.3 Å². The standard InChI is InChI=1S/C19H25BN2O4/c1-18(2)19(3,4)26-20(25-18)12(11-21-5)10-14-13-8-6-7-9-15(13)22-16(14)17(23)24/h6-10,21-22H,11H2,1-5H3,(H,23,24). The van der Waals surface area contributed by atoms with Crippen molar-refractivity contribution in [1.29, 1.82) is 0 Å². The predicted octanol–water partition coefficient (Wildman–Crippen LogP) is 3.10. The van der Waals surface area contributed by atoms with Crippen LogP contribution in [-0.2, 0) is 9.31 Å². The van der Waals surface area contributed by atoms with Crippen molar-refractivity contribution in [3.63, 3.8) is 0 Å². The van der Waals surface area contributed by atoms with Crippen LogP contribution in [0.3, 0.4) is 0 Å². The summed E-state index contributed by atoms with van der Waals surface area (Å²) in [6.07, 6.45) is 1.86. The number of likely N-dealkylation sites (N-methyl/N-ethyl adjacent to an activating group) is 1. The minimum atomic E-state index is -0.995. The summed E-state index contributed by atoms with van der Waals surface area (Å²) >= 11 is 0. The third kappa shape index (κ3) is 3.18. The molecule has 26 heavy (non-hydrogen) atoms. The molecule has 7 heteroatoms. The lowest BCUT2D eigenvalue weighted by molar-refractivity contribution is 0.00578. The van der Waals surface area contributed by atoms with Gasteiger partial charge in [-0.25, -0.2) is 4.79 Å². The maximum absolute atomic E-state index is 11.7. The maximum Gasteiger partial charge on any atom is 0.491 e. The molecule has 2 heterocycles. The molecule has 6 nitrogen and oxygen atoms in total. The summed E-state index contributed by atoms with van der Waals surface area (Å²) in [6.45, 7) is 8.52. The van der Waals surface area contributed by atoms with E-state index in [0.29, 0.717) is 12.1 Å². The van der Waals surface area contributed by atoms with E-state index in [0.717, 1.165) is 16.4 Å². The van der Waals surface area contributed by atoms with Crippen LogP contribution in [0.15, 0.2) is 29.7 Å². The summed E-state index contributed by atoms with van der Waals surface area (Å²) < 4.78 is 12.3. The Morgan fingerprint density at radius 2 is 1.85 bits per heavy atom. The van der Waals surface area contributed by atoms with E-state index in [1.807, 2.05) is 65.1 Å². The molecule has 1 aliphatic rings. The highest BCUT2D eigenvalue weighted by Crippen LogP contribution is 2.39. The van der Waals surface area contributed by atoms with Crippen molar-refractivity contribution < 1.29 is 19.2 Å². The Labute approximate surface area is 153 Å². The lowest BCUT2D eigenvalue weighted by atomic mass is 9.76. The van der Waals surface area contributed by atoms with E-state index in [4.69, 9.17) is 9.31 Å². The molecule has 0 radical (unpaired) electrons. The average Bonchev–Trinajstić information content (AvgIpc) is 3.02. The van der Waals surface area contributed by atoms with Gasteiger partial charge < -0.3 is 24.7 Å². The molecule has 1 aromatic carbocycles. The molecule has 0 saturated carbocycles. The van der Waals surface area contributed by atoms with Gasteiger partial charge in [0.05, 0.1) is 11.2 Å². The van der Waals surface area contributed by atoms with Crippen molar-refractivity contribution in [3.05, 3.63) is 41.0 Å². The number of hydrogen-bond acceptors (Lipinski definition) is 4. The van der Waals surface area contributed by atoms with Crippen LogP contribution in [0.2, 0.25) is 0 Å². The van der Waals surface area contributed by atoms with E-state index in [2.05, 4.69) is 10.3 Å². The van der Waals surface area contributed by atoms with Crippen LogP contribution >= 0.6 is 0 Å². The number of carbonyl (C=O) groups is 1. The smallest absolute Gasteiger partial charge is 0.477 e. The highest BCUT2D eigenvalue weighted by molar-refractivity contribution is 6.56. The number of aromatic nitrogens is 1. The number of benzene rings is 1. The number of nitrogens with one attached hydrogen (secondary N) is 2. The molecule has 0 bridgehead atoms. The Balaban J connectivity index is 2.10. The van der Waals surface area contributed by atoms with Crippen molar-refractivity contribution in [2.24, 2.45) is 0 Å². The monoisotopic (exact) mass is 356 g/mol. The molecule has 3 N–H and O–H groups in total. The topological polar surface area (TPSA) is 83.6 Å². The Hall–Kier alpha value is -2.09. The number of hydrogen-bond donors (Lipinski definition) is 3. The third-order valence-electron chi connectivity index (χ3n) is 5.23. The molecule has 1 fully saturated rings. The number of carboxylic acids is 1. The second-order valence-electron chi connectivity index (χ2n) is 7.60. The fourth-order valence-corrected chi connectivity index (χ4v) is 3.07. The molecule has 0 atom stereocenters. The van der Waals surface area contributed by atoms with Crippen molar-refractivity contribution >= 4 is 30.1 Å². The minimum Gasteiger partial charge on any atom is -0.477 e. The highest BCUT2D eigenvalue weighted by Gasteiger charge is 2.52. The molecule has 0 spiro atoms. The summed E-state index contributed by atoms with van der Waals surface area (Å²) in [4.78, 5) is 14.7. The number of para-hydroxylation sites is 1. The van der Waals surface area contributed by atoms with E-state index >= 15 is 0 Å². The molecular weight excluding hydrogens is 331 g/mol. The predicted molar refractivity (Wildman–Crippen MR) is 103 cm³/mol. The number of fused-ring (bicyclic) bond motifs is 1. The van der Waals surface area contributed by atoms with Crippen LogP contribution in [-0.4, -0.2) is 48.0 Å². The molecule has 0 aliphatic carbocycles. The van der Waals surface area contributed by atoms with Crippen LogP contribution in [0, 0.1) is 0 Å². The van der Waals surface area contributed by atoms with Gasteiger partial charge in [0.1, 0.15) is 5.69 Å². The number of aromatic carboxylic acids is 1. The normalized spacial score (nSPS) is 19.3. The molecule has 0 unspecified atom stereocenters. The van der Waals surface area contributed by atoms with Gasteiger partial charge in [-0.1, -0.05) is 24.3 Å². The van der Waals surface area contributed by atoms with Crippen LogP contribution in [0.25, 0.3) is 17.0 Å². The maximum atomic E-state index is 11.7. The number of H-pyrrole nitrogens is 1. The molecule has 1 aliphatic heterocycles. The van der Waals surface area contributed by atoms with E-state index in [1.165, 1.54) is 0 Å². The lowest BCUT2D eigenvalue weighted by Gasteiger charge is -2.32. The molecule has 1 aromatic heterocycles. The molecule has 138 valence electrons. The van der Waals surface area contributed by atoms with Crippen molar-refractivity contribution in [1.82, 2.24) is 10.3 Å². The van der Waals surface area contributed by atoms with Crippen LogP contribution in [0.5, 0.6) is 0 Å². The SMILES string of the molecule is CNCC(=Cc1c(C(=O)O)[nH]c2ccccc12)B1OC(C)(C)C(C)(C)O1. The first kappa shape index (κ1) is 18.7. The zero-order valence-electron chi connectivity index (χ0n) is 15.8. The van der Waals surface area contributed by atoms with E-state index in [9.17, 15) is 9.90 Å². The fourth-order valence-electron chi connectivity index (χ4n) is 3.07. The second kappa shape index (κ2) is 6.57. The first-order valence-corrected chi connectivity index (χ1v) is 8.71. The van der Waals surface area contributed by atoms with Gasteiger partial charge in [-0.15, -0.1) is 0 Å². The molecule has 2 aromatic rings. The van der Waals surface area contributed by atoms with Crippen LogP contribution in [0.1, 0.15) is 43.7 Å². The van der Waals surface area contributed by atoms with Gasteiger partial charge in [0.25, 0.3) is 0 Å². The quantitative estimate of drug-likeness (QED) is 0.717. The first-order chi connectivity index (χ1) is 12.2. The highest BCUT2D eigenvalue weighted by atomic mass is 16.7. The van der Waals surface area contributed by atoms with Crippen molar-refractivity contribution in [2.75, 3.05) is 13.6 Å². The first-order valence-electron chi connectivity index (χ1n) is 8.71. The van der Waals surface area contributed by atoms with Crippen LogP contribution < -0.4 is 5.32 Å². The Kier molecular flexibility index (Phi) is 4.73. The molecule has 3 rings (SSSR count). The minimum absolute atomic E-state index is 0.163. The summed E-state index contributed by atoms with van der Waals surface area (Å²) in [6, 6.07) is 7.55. The van der Waals surface area contributed by atoms with E-state index < -0.39 is 24.3 Å². The van der Waals surface area contributed by atoms with E-state index in [-0.39, 0.29) is 5.69 Å². The van der Waals surface area contributed by atoms with Gasteiger partial charge in [0, 0.05) is 23.0 Å². The average molecular weight is 356 g/mol. The number of carboxylic acid groups (broad SMARTS) is 1. The zero-order valence-corrected chi connectivity index (χ0v) is 15.8. The van der Waals surface area contributed by atoms with Gasteiger partial charge in [0.2, 0.25) is 0 Å². The Bertz CT molecular complexity index is 854. The summed E-state index contributed by atoms with van der Waals surface area (Å²) in [7, 11) is 1.30. The van der Waals surface area contributed by atoms with Gasteiger partial charge in [-0.3, -0.25) is 0 Å². The largest absolute Gasteiger partial charge is 0.491 e. The summed E-state index contributed by atoms with van der Waals surface area (Å²) in [5.41, 5.74) is 1.51. The molecule has 0 amide bonds. The number of aromatic amines is 1. The van der Waals surface area contributed by atoms with Gasteiger partial charge in [-0.2, -0.15) is 0 Å². The molecular formula is C19H25BN2O4. The number of rotatable bonds is 5. The third-order valence-corrected chi connectivity index (χ3v) is 5.23. The summed E-state index contributed by atoms with van der Waals surface area (Å²) in [5, 5.41) is 13.6. The van der Waals surface area contributed by atoms with E-state index in [1.54, 1.807) is 0 Å². The zero-order chi connectivity index (χ0) is 19.1.